The topological polar surface area (TPSA) is 145 Å². The summed E-state index contributed by atoms with van der Waals surface area (Å²) in [4.78, 5) is 26.5. The highest BCUT2D eigenvalue weighted by atomic mass is 32.2. The van der Waals surface area contributed by atoms with Gasteiger partial charge in [-0.25, -0.2) is 8.42 Å². The van der Waals surface area contributed by atoms with Gasteiger partial charge in [-0.05, 0) is 54.4 Å². The minimum absolute atomic E-state index is 0.00716. The van der Waals surface area contributed by atoms with Gasteiger partial charge in [0.15, 0.2) is 23.0 Å². The summed E-state index contributed by atoms with van der Waals surface area (Å²) in [6, 6.07) is 13.3. The number of sulfonamides is 1. The molecule has 1 fully saturated rings. The zero-order chi connectivity index (χ0) is 31.2. The highest BCUT2D eigenvalue weighted by molar-refractivity contribution is 7.89. The Kier molecular flexibility index (Phi) is 7.76. The van der Waals surface area contributed by atoms with Crippen LogP contribution in [0, 0.1) is 18.8 Å². The van der Waals surface area contributed by atoms with Crippen molar-refractivity contribution in [1.29, 1.82) is 0 Å². The van der Waals surface area contributed by atoms with Crippen molar-refractivity contribution in [2.24, 2.45) is 11.8 Å². The molecule has 0 amide bonds. The smallest absolute Gasteiger partial charge is 0.321 e. The number of benzene rings is 3. The van der Waals surface area contributed by atoms with Crippen LogP contribution in [0.5, 0.6) is 28.7 Å². The molecule has 1 N–H and O–H groups in total. The Morgan fingerprint density at radius 1 is 0.909 bits per heavy atom. The first-order chi connectivity index (χ1) is 21.1. The molecule has 2 aliphatic heterocycles. The second kappa shape index (κ2) is 11.5. The van der Waals surface area contributed by atoms with Gasteiger partial charge in [0.25, 0.3) is 0 Å². The standard InChI is InChI=1S/C31H31NO11S/c1-16-5-7-18(8-6-16)44(35,36)32-13-26(33)43-29-20-12-23-22(41-15-42-23)11-19(20)27(28-21(29)14-40-31(28)34)17-9-24(37-2)30(39-4)25(10-17)38-3/h5-12,21,27-29,32H,13-15H2,1-4H3/t21-,27+,28+,29-/m0/s1. The van der Waals surface area contributed by atoms with Crippen molar-refractivity contribution in [3.8, 4) is 28.7 Å². The van der Waals surface area contributed by atoms with Gasteiger partial charge in [0, 0.05) is 17.4 Å². The van der Waals surface area contributed by atoms with Crippen LogP contribution in [-0.2, 0) is 29.1 Å². The molecule has 6 rings (SSSR count). The molecule has 0 unspecified atom stereocenters. The molecule has 0 saturated carbocycles. The number of esters is 2. The van der Waals surface area contributed by atoms with Crippen LogP contribution < -0.4 is 28.4 Å². The van der Waals surface area contributed by atoms with Crippen LogP contribution in [0.15, 0.2) is 53.4 Å². The monoisotopic (exact) mass is 625 g/mol. The molecular formula is C31H31NO11S. The zero-order valence-corrected chi connectivity index (χ0v) is 25.3. The maximum absolute atomic E-state index is 13.3. The SMILES string of the molecule is COc1cc([C@@H]2c3cc4c(cc3[C@H](OC(=O)CNS(=O)(=O)c3ccc(C)cc3)[C@H]3COC(=O)[C@@H]23)OCO4)cc(OC)c1OC. The number of nitrogens with one attached hydrogen (secondary N) is 1. The van der Waals surface area contributed by atoms with E-state index in [0.29, 0.717) is 45.4 Å². The van der Waals surface area contributed by atoms with Crippen molar-refractivity contribution >= 4 is 22.0 Å². The Morgan fingerprint density at radius 2 is 1.55 bits per heavy atom. The van der Waals surface area contributed by atoms with E-state index >= 15 is 0 Å². The Hall–Kier alpha value is -4.49. The third-order valence-corrected chi connectivity index (χ3v) is 9.58. The van der Waals surface area contributed by atoms with Gasteiger partial charge in [0.05, 0.1) is 38.7 Å². The van der Waals surface area contributed by atoms with Crippen molar-refractivity contribution in [3.63, 3.8) is 0 Å². The van der Waals surface area contributed by atoms with E-state index in [-0.39, 0.29) is 18.3 Å². The molecule has 1 saturated heterocycles. The Balaban J connectivity index is 1.38. The van der Waals surface area contributed by atoms with Crippen molar-refractivity contribution in [1.82, 2.24) is 4.72 Å². The van der Waals surface area contributed by atoms with E-state index in [2.05, 4.69) is 4.72 Å². The second-order valence-electron chi connectivity index (χ2n) is 10.6. The number of cyclic esters (lactones) is 1. The predicted octanol–water partition coefficient (Wildman–Crippen LogP) is 3.25. The Labute approximate surface area is 254 Å². The molecule has 0 radical (unpaired) electrons. The average Bonchev–Trinajstić information content (AvgIpc) is 3.64. The first kappa shape index (κ1) is 29.6. The number of hydrogen-bond acceptors (Lipinski definition) is 11. The summed E-state index contributed by atoms with van der Waals surface area (Å²) in [5, 5.41) is 0. The number of rotatable bonds is 9. The minimum atomic E-state index is -3.97. The maximum Gasteiger partial charge on any atom is 0.321 e. The predicted molar refractivity (Wildman–Crippen MR) is 154 cm³/mol. The first-order valence-corrected chi connectivity index (χ1v) is 15.3. The molecule has 0 aromatic heterocycles. The molecule has 13 heteroatoms. The average molecular weight is 626 g/mol. The van der Waals surface area contributed by atoms with Crippen molar-refractivity contribution in [2.45, 2.75) is 23.8 Å². The van der Waals surface area contributed by atoms with Crippen LogP contribution in [0.3, 0.4) is 0 Å². The third-order valence-electron chi connectivity index (χ3n) is 8.16. The molecule has 44 heavy (non-hydrogen) atoms. The summed E-state index contributed by atoms with van der Waals surface area (Å²) in [6.45, 7) is 1.22. The fraction of sp³-hybridized carbons (Fsp3) is 0.355. The van der Waals surface area contributed by atoms with Crippen molar-refractivity contribution < 1.29 is 51.2 Å². The number of ether oxygens (including phenoxy) is 7. The fourth-order valence-electron chi connectivity index (χ4n) is 6.08. The fourth-order valence-corrected chi connectivity index (χ4v) is 7.05. The van der Waals surface area contributed by atoms with Gasteiger partial charge >= 0.3 is 11.9 Å². The van der Waals surface area contributed by atoms with Gasteiger partial charge < -0.3 is 33.2 Å². The molecule has 232 valence electrons. The van der Waals surface area contributed by atoms with Gasteiger partial charge in [-0.3, -0.25) is 9.59 Å². The quantitative estimate of drug-likeness (QED) is 0.350. The van der Waals surface area contributed by atoms with E-state index in [1.165, 1.54) is 33.5 Å². The Bertz CT molecular complexity index is 1700. The second-order valence-corrected chi connectivity index (χ2v) is 12.4. The van der Waals surface area contributed by atoms with E-state index in [1.807, 2.05) is 6.92 Å². The molecule has 0 bridgehead atoms. The van der Waals surface area contributed by atoms with Crippen molar-refractivity contribution in [2.75, 3.05) is 41.3 Å². The normalized spacial score (nSPS) is 21.6. The summed E-state index contributed by atoms with van der Waals surface area (Å²) in [5.41, 5.74) is 2.82. The lowest BCUT2D eigenvalue weighted by atomic mass is 9.66. The van der Waals surface area contributed by atoms with Crippen LogP contribution in [0.2, 0.25) is 0 Å². The molecular weight excluding hydrogens is 594 g/mol. The lowest BCUT2D eigenvalue weighted by Gasteiger charge is -2.38. The number of methoxy groups -OCH3 is 3. The van der Waals surface area contributed by atoms with Crippen LogP contribution in [0.4, 0.5) is 0 Å². The lowest BCUT2D eigenvalue weighted by Crippen LogP contribution is -2.38. The van der Waals surface area contributed by atoms with Crippen LogP contribution in [0.1, 0.15) is 34.3 Å². The minimum Gasteiger partial charge on any atom is -0.493 e. The van der Waals surface area contributed by atoms with Crippen molar-refractivity contribution in [3.05, 3.63) is 70.8 Å². The van der Waals surface area contributed by atoms with E-state index in [1.54, 1.807) is 36.4 Å². The first-order valence-electron chi connectivity index (χ1n) is 13.8. The van der Waals surface area contributed by atoms with Gasteiger partial charge in [-0.1, -0.05) is 17.7 Å². The number of carbonyl (C=O) groups is 2. The summed E-state index contributed by atoms with van der Waals surface area (Å²) >= 11 is 0. The van der Waals surface area contributed by atoms with Crippen LogP contribution >= 0.6 is 0 Å². The summed E-state index contributed by atoms with van der Waals surface area (Å²) in [6.07, 6.45) is -0.939. The highest BCUT2D eigenvalue weighted by Crippen LogP contribution is 2.56. The summed E-state index contributed by atoms with van der Waals surface area (Å²) < 4.78 is 67.3. The molecule has 3 aromatic carbocycles. The molecule has 12 nitrogen and oxygen atoms in total. The van der Waals surface area contributed by atoms with Crippen LogP contribution in [-0.4, -0.2) is 61.6 Å². The molecule has 0 spiro atoms. The Morgan fingerprint density at radius 3 is 2.16 bits per heavy atom. The van der Waals surface area contributed by atoms with E-state index < -0.39 is 52.4 Å². The van der Waals surface area contributed by atoms with Gasteiger partial charge in [0.1, 0.15) is 12.6 Å². The van der Waals surface area contributed by atoms with E-state index in [0.717, 1.165) is 5.56 Å². The lowest BCUT2D eigenvalue weighted by molar-refractivity contribution is -0.153. The molecule has 3 aromatic rings. The largest absolute Gasteiger partial charge is 0.493 e. The maximum atomic E-state index is 13.3. The molecule has 4 atom stereocenters. The number of hydrogen-bond donors (Lipinski definition) is 1. The molecule has 1 aliphatic carbocycles. The van der Waals surface area contributed by atoms with Gasteiger partial charge in [-0.15, -0.1) is 0 Å². The van der Waals surface area contributed by atoms with Crippen LogP contribution in [0.25, 0.3) is 0 Å². The van der Waals surface area contributed by atoms with E-state index in [9.17, 15) is 18.0 Å². The summed E-state index contributed by atoms with van der Waals surface area (Å²) in [7, 11) is 0.535. The number of carbonyl (C=O) groups excluding carboxylic acids is 2. The van der Waals surface area contributed by atoms with E-state index in [4.69, 9.17) is 33.2 Å². The van der Waals surface area contributed by atoms with Gasteiger partial charge in [0.2, 0.25) is 22.6 Å². The number of fused-ring (bicyclic) bond motifs is 3. The molecule has 2 heterocycles. The third kappa shape index (κ3) is 5.15. The zero-order valence-electron chi connectivity index (χ0n) is 24.4. The molecule has 3 aliphatic rings. The summed E-state index contributed by atoms with van der Waals surface area (Å²) in [5.74, 6) is -1.06. The van der Waals surface area contributed by atoms with Gasteiger partial charge in [-0.2, -0.15) is 4.72 Å². The number of aryl methyl sites for hydroxylation is 1. The highest BCUT2D eigenvalue weighted by Gasteiger charge is 2.54.